The van der Waals surface area contributed by atoms with E-state index in [1.54, 1.807) is 6.92 Å². The van der Waals surface area contributed by atoms with Crippen LogP contribution in [-0.4, -0.2) is 11.9 Å². The van der Waals surface area contributed by atoms with Gasteiger partial charge >= 0.3 is 0 Å². The van der Waals surface area contributed by atoms with Gasteiger partial charge in [0.15, 0.2) is 6.04 Å². The maximum atomic E-state index is 10.6. The topological polar surface area (TPSA) is 68.6 Å². The average Bonchev–Trinajstić information content (AvgIpc) is 2.12. The summed E-state index contributed by atoms with van der Waals surface area (Å²) in [7, 11) is 0. The van der Waals surface area contributed by atoms with Crippen LogP contribution in [0.2, 0.25) is 0 Å². The number of rotatable bonds is 1. The summed E-state index contributed by atoms with van der Waals surface area (Å²) in [4.78, 5) is 10.6. The summed E-state index contributed by atoms with van der Waals surface area (Å²) < 4.78 is 0. The molecular weight excluding hydrogens is 122 g/mol. The first-order valence-corrected chi connectivity index (χ1v) is 2.85. The number of hydrazine groups is 1. The van der Waals surface area contributed by atoms with Gasteiger partial charge in [-0.05, 0) is 0 Å². The van der Waals surface area contributed by atoms with Crippen molar-refractivity contribution in [3.8, 4) is 0 Å². The molecule has 1 saturated heterocycles. The molecule has 0 spiro atoms. The van der Waals surface area contributed by atoms with Gasteiger partial charge in [-0.15, -0.1) is 0 Å². The third-order valence-electron chi connectivity index (χ3n) is 1.35. The Morgan fingerprint density at radius 3 is 2.78 bits per heavy atom. The van der Waals surface area contributed by atoms with Crippen LogP contribution in [0.4, 0.5) is 0 Å². The van der Waals surface area contributed by atoms with Crippen LogP contribution in [0.5, 0.6) is 0 Å². The number of hydrogen-bond donors (Lipinski definition) is 3. The molecule has 0 aromatic heterocycles. The predicted octanol–water partition coefficient (Wildman–Crippen LogP) is -2.30. The Hall–Kier alpha value is -0.650. The van der Waals surface area contributed by atoms with Crippen molar-refractivity contribution in [2.24, 2.45) is 0 Å². The Morgan fingerprint density at radius 2 is 2.56 bits per heavy atom. The molecule has 0 radical (unpaired) electrons. The largest absolute Gasteiger partial charge is 0.611 e. The molecule has 5 nitrogen and oxygen atoms in total. The van der Waals surface area contributed by atoms with Crippen LogP contribution in [0.3, 0.4) is 0 Å². The Morgan fingerprint density at radius 1 is 1.89 bits per heavy atom. The minimum absolute atomic E-state index is 0.220. The number of carbonyl (C=O) groups excluding carboxylic acids is 1. The van der Waals surface area contributed by atoms with Crippen molar-refractivity contribution in [2.75, 3.05) is 0 Å². The number of nitrogens with one attached hydrogen (secondary N) is 3. The molecule has 0 aromatic rings. The zero-order chi connectivity index (χ0) is 6.85. The van der Waals surface area contributed by atoms with E-state index in [4.69, 9.17) is 0 Å². The Bertz CT molecular complexity index is 127. The van der Waals surface area contributed by atoms with E-state index >= 15 is 0 Å². The monoisotopic (exact) mass is 131 g/mol. The quantitative estimate of drug-likeness (QED) is 0.350. The summed E-state index contributed by atoms with van der Waals surface area (Å²) in [6.45, 7) is 1.80. The number of amides is 1. The van der Waals surface area contributed by atoms with Gasteiger partial charge in [-0.3, -0.25) is 9.97 Å². The van der Waals surface area contributed by atoms with Crippen molar-refractivity contribution in [1.82, 2.24) is 11.0 Å². The van der Waals surface area contributed by atoms with E-state index in [1.165, 1.54) is 0 Å². The Labute approximate surface area is 52.5 Å². The van der Waals surface area contributed by atoms with E-state index < -0.39 is 6.04 Å². The lowest BCUT2D eigenvalue weighted by atomic mass is 10.2. The van der Waals surface area contributed by atoms with Gasteiger partial charge in [-0.1, -0.05) is 12.5 Å². The maximum absolute atomic E-state index is 10.6. The molecule has 5 heteroatoms. The average molecular weight is 131 g/mol. The van der Waals surface area contributed by atoms with Crippen molar-refractivity contribution < 1.29 is 9.97 Å². The molecule has 1 rings (SSSR count). The predicted molar refractivity (Wildman–Crippen MR) is 29.7 cm³/mol. The van der Waals surface area contributed by atoms with E-state index in [2.05, 4.69) is 11.0 Å². The van der Waals surface area contributed by atoms with Crippen molar-refractivity contribution in [3.63, 3.8) is 0 Å². The standard InChI is InChI=1S/C4H9N3O2/c1-2-3-4(8)5-6-7(3)9/h3,6-7H,2H2,1H3,(H,5,8). The molecule has 1 heterocycles. The second-order valence-corrected chi connectivity index (χ2v) is 1.94. The van der Waals surface area contributed by atoms with E-state index in [0.717, 1.165) is 0 Å². The SMILES string of the molecule is CCC1C(=O)NN[NH+]1[O-]. The zero-order valence-electron chi connectivity index (χ0n) is 5.10. The van der Waals surface area contributed by atoms with E-state index in [0.29, 0.717) is 6.42 Å². The van der Waals surface area contributed by atoms with Crippen LogP contribution in [0, 0.1) is 5.21 Å². The molecular formula is C4H9N3O2. The summed E-state index contributed by atoms with van der Waals surface area (Å²) >= 11 is 0. The zero-order valence-corrected chi connectivity index (χ0v) is 5.10. The molecule has 9 heavy (non-hydrogen) atoms. The summed E-state index contributed by atoms with van der Waals surface area (Å²) in [6, 6.07) is -0.468. The van der Waals surface area contributed by atoms with Gasteiger partial charge in [-0.2, -0.15) is 0 Å². The van der Waals surface area contributed by atoms with Gasteiger partial charge < -0.3 is 5.21 Å². The number of hydroxylamine groups is 1. The van der Waals surface area contributed by atoms with Crippen molar-refractivity contribution in [1.29, 1.82) is 0 Å². The van der Waals surface area contributed by atoms with Crippen molar-refractivity contribution in [3.05, 3.63) is 5.21 Å². The molecule has 1 amide bonds. The van der Waals surface area contributed by atoms with Crippen LogP contribution in [0.15, 0.2) is 0 Å². The second kappa shape index (κ2) is 2.30. The van der Waals surface area contributed by atoms with Crippen LogP contribution in [0.1, 0.15) is 13.3 Å². The normalized spacial score (nSPS) is 34.7. The molecule has 0 saturated carbocycles. The second-order valence-electron chi connectivity index (χ2n) is 1.94. The highest BCUT2D eigenvalue weighted by Gasteiger charge is 2.29. The fraction of sp³-hybridized carbons (Fsp3) is 0.750. The summed E-state index contributed by atoms with van der Waals surface area (Å²) in [6.07, 6.45) is 0.567. The first-order chi connectivity index (χ1) is 4.25. The van der Waals surface area contributed by atoms with E-state index in [-0.39, 0.29) is 11.1 Å². The highest BCUT2D eigenvalue weighted by molar-refractivity contribution is 5.80. The fourth-order valence-electron chi connectivity index (χ4n) is 0.787. The van der Waals surface area contributed by atoms with Gasteiger partial charge in [0, 0.05) is 6.42 Å². The highest BCUT2D eigenvalue weighted by Crippen LogP contribution is 1.85. The molecule has 0 aliphatic carbocycles. The molecule has 1 aliphatic heterocycles. The molecule has 0 aromatic carbocycles. The molecule has 0 bridgehead atoms. The minimum Gasteiger partial charge on any atom is -0.611 e. The molecule has 52 valence electrons. The lowest BCUT2D eigenvalue weighted by Crippen LogP contribution is -3.15. The maximum Gasteiger partial charge on any atom is 0.298 e. The van der Waals surface area contributed by atoms with Crippen LogP contribution in [0.25, 0.3) is 0 Å². The molecule has 2 unspecified atom stereocenters. The number of hydrogen-bond acceptors (Lipinski definition) is 3. The molecule has 2 atom stereocenters. The summed E-state index contributed by atoms with van der Waals surface area (Å²) in [5.41, 5.74) is 4.46. The third kappa shape index (κ3) is 1.02. The van der Waals surface area contributed by atoms with Crippen molar-refractivity contribution in [2.45, 2.75) is 19.4 Å². The number of carbonyl (C=O) groups is 1. The molecule has 1 aliphatic rings. The summed E-state index contributed by atoms with van der Waals surface area (Å²) in [5, 5.41) is 10.4. The van der Waals surface area contributed by atoms with Gasteiger partial charge in [0.2, 0.25) is 0 Å². The minimum atomic E-state index is -0.468. The fourth-order valence-corrected chi connectivity index (χ4v) is 0.787. The third-order valence-corrected chi connectivity index (χ3v) is 1.35. The Balaban J connectivity index is 2.55. The first-order valence-electron chi connectivity index (χ1n) is 2.85. The van der Waals surface area contributed by atoms with Crippen molar-refractivity contribution >= 4 is 5.91 Å². The van der Waals surface area contributed by atoms with E-state index in [1.807, 2.05) is 0 Å². The number of quaternary nitrogens is 1. The molecule has 3 N–H and O–H groups in total. The van der Waals surface area contributed by atoms with Gasteiger partial charge in [-0.25, -0.2) is 5.43 Å². The lowest BCUT2D eigenvalue weighted by molar-refractivity contribution is -0.905. The lowest BCUT2D eigenvalue weighted by Gasteiger charge is -2.17. The van der Waals surface area contributed by atoms with Crippen LogP contribution >= 0.6 is 0 Å². The Kier molecular flexibility index (Phi) is 1.65. The highest BCUT2D eigenvalue weighted by atomic mass is 16.6. The van der Waals surface area contributed by atoms with Gasteiger partial charge in [0.1, 0.15) is 0 Å². The van der Waals surface area contributed by atoms with E-state index in [9.17, 15) is 10.0 Å². The molecule has 1 fully saturated rings. The van der Waals surface area contributed by atoms with Crippen LogP contribution < -0.4 is 16.1 Å². The van der Waals surface area contributed by atoms with Crippen LogP contribution in [-0.2, 0) is 4.79 Å². The van der Waals surface area contributed by atoms with Gasteiger partial charge in [0.25, 0.3) is 5.91 Å². The van der Waals surface area contributed by atoms with Gasteiger partial charge in [0.05, 0.1) is 0 Å². The first kappa shape index (κ1) is 6.47. The smallest absolute Gasteiger partial charge is 0.298 e. The summed E-state index contributed by atoms with van der Waals surface area (Å²) in [5.74, 6) is -0.220.